The van der Waals surface area contributed by atoms with E-state index in [4.69, 9.17) is 0 Å². The summed E-state index contributed by atoms with van der Waals surface area (Å²) in [5.74, 6) is -0.896. The molecule has 1 rings (SSSR count). The molecule has 0 aliphatic heterocycles. The Morgan fingerprint density at radius 2 is 1.91 bits per heavy atom. The summed E-state index contributed by atoms with van der Waals surface area (Å²) in [6.07, 6.45) is -4.79. The summed E-state index contributed by atoms with van der Waals surface area (Å²) in [5, 5.41) is 4.35. The Balaban J connectivity index is 2.79. The maximum Gasteiger partial charge on any atom is 0.573 e. The lowest BCUT2D eigenvalue weighted by Gasteiger charge is -2.24. The van der Waals surface area contributed by atoms with Gasteiger partial charge in [-0.05, 0) is 20.0 Å². The van der Waals surface area contributed by atoms with Crippen molar-refractivity contribution in [2.45, 2.75) is 25.9 Å². The van der Waals surface area contributed by atoms with Gasteiger partial charge in [0.15, 0.2) is 0 Å². The number of halogens is 3. The Morgan fingerprint density at radius 3 is 2.48 bits per heavy atom. The van der Waals surface area contributed by atoms with Crippen molar-refractivity contribution < 1.29 is 27.5 Å². The smallest absolute Gasteiger partial charge is 0.405 e. The first kappa shape index (κ1) is 18.8. The summed E-state index contributed by atoms with van der Waals surface area (Å²) in [6.45, 7) is 1.57. The zero-order valence-corrected chi connectivity index (χ0v) is 12.9. The molecular weight excluding hydrogens is 315 g/mol. The number of hydrogen-bond acceptors (Lipinski definition) is 4. The normalized spacial score (nSPS) is 12.7. The first-order chi connectivity index (χ1) is 10.6. The van der Waals surface area contributed by atoms with E-state index < -0.39 is 24.3 Å². The third-order valence-electron chi connectivity index (χ3n) is 3.12. The molecule has 0 saturated heterocycles. The van der Waals surface area contributed by atoms with Crippen LogP contribution in [-0.2, 0) is 11.3 Å². The van der Waals surface area contributed by atoms with Crippen molar-refractivity contribution in [2.75, 3.05) is 14.1 Å². The van der Waals surface area contributed by atoms with Crippen molar-refractivity contribution in [2.24, 2.45) is 0 Å². The lowest BCUT2D eigenvalue weighted by Crippen LogP contribution is -2.47. The molecule has 1 atom stereocenters. The second-order valence-electron chi connectivity index (χ2n) is 4.81. The fraction of sp³-hybridized carbons (Fsp3) is 0.429. The van der Waals surface area contributed by atoms with E-state index in [-0.39, 0.29) is 17.9 Å². The van der Waals surface area contributed by atoms with Crippen molar-refractivity contribution in [1.82, 2.24) is 15.5 Å². The van der Waals surface area contributed by atoms with Gasteiger partial charge in [-0.25, -0.2) is 4.79 Å². The first-order valence-corrected chi connectivity index (χ1v) is 6.70. The van der Waals surface area contributed by atoms with Gasteiger partial charge in [0, 0.05) is 19.2 Å². The SMILES string of the molecule is CNC(=O)NC(=O)C(C)N(C)Cc1ccccc1OC(F)(F)F. The molecular formula is C14H18F3N3O3. The van der Waals surface area contributed by atoms with E-state index in [1.807, 2.05) is 0 Å². The quantitative estimate of drug-likeness (QED) is 0.863. The standard InChI is InChI=1S/C14H18F3N3O3/c1-9(12(21)19-13(22)18-2)20(3)8-10-6-4-5-7-11(10)23-14(15,16)17/h4-7,9H,8H2,1-3H3,(H2,18,19,21,22). The highest BCUT2D eigenvalue weighted by Crippen LogP contribution is 2.27. The van der Waals surface area contributed by atoms with Crippen LogP contribution in [0.15, 0.2) is 24.3 Å². The van der Waals surface area contributed by atoms with Crippen LogP contribution in [-0.4, -0.2) is 43.3 Å². The molecule has 0 fully saturated rings. The molecule has 0 aromatic heterocycles. The molecule has 0 radical (unpaired) electrons. The molecule has 0 saturated carbocycles. The van der Waals surface area contributed by atoms with E-state index in [0.29, 0.717) is 0 Å². The van der Waals surface area contributed by atoms with Crippen LogP contribution in [0.4, 0.5) is 18.0 Å². The monoisotopic (exact) mass is 333 g/mol. The maximum absolute atomic E-state index is 12.4. The Bertz CT molecular complexity index is 564. The molecule has 0 bridgehead atoms. The molecule has 9 heteroatoms. The molecule has 0 aliphatic carbocycles. The number of hydrogen-bond donors (Lipinski definition) is 2. The maximum atomic E-state index is 12.4. The van der Waals surface area contributed by atoms with Crippen LogP contribution in [0.5, 0.6) is 5.75 Å². The van der Waals surface area contributed by atoms with E-state index in [9.17, 15) is 22.8 Å². The second-order valence-corrected chi connectivity index (χ2v) is 4.81. The van der Waals surface area contributed by atoms with Crippen molar-refractivity contribution in [1.29, 1.82) is 0 Å². The topological polar surface area (TPSA) is 70.7 Å². The van der Waals surface area contributed by atoms with Gasteiger partial charge in [-0.1, -0.05) is 18.2 Å². The van der Waals surface area contributed by atoms with Crippen LogP contribution >= 0.6 is 0 Å². The van der Waals surface area contributed by atoms with E-state index in [2.05, 4.69) is 15.4 Å². The molecule has 6 nitrogen and oxygen atoms in total. The van der Waals surface area contributed by atoms with Gasteiger partial charge in [0.2, 0.25) is 5.91 Å². The van der Waals surface area contributed by atoms with E-state index >= 15 is 0 Å². The van der Waals surface area contributed by atoms with Crippen LogP contribution in [0.25, 0.3) is 0 Å². The molecule has 1 unspecified atom stereocenters. The van der Waals surface area contributed by atoms with Gasteiger partial charge in [0.05, 0.1) is 6.04 Å². The fourth-order valence-corrected chi connectivity index (χ4v) is 1.74. The number of ether oxygens (including phenoxy) is 1. The van der Waals surface area contributed by atoms with Gasteiger partial charge < -0.3 is 10.1 Å². The number of urea groups is 1. The summed E-state index contributed by atoms with van der Waals surface area (Å²) < 4.78 is 41.1. The number of benzene rings is 1. The second kappa shape index (κ2) is 7.82. The number of alkyl halides is 3. The Labute approximate surface area is 131 Å². The fourth-order valence-electron chi connectivity index (χ4n) is 1.74. The number of nitrogens with zero attached hydrogens (tertiary/aromatic N) is 1. The van der Waals surface area contributed by atoms with Crippen molar-refractivity contribution in [3.8, 4) is 5.75 Å². The van der Waals surface area contributed by atoms with Gasteiger partial charge in [-0.3, -0.25) is 15.0 Å². The van der Waals surface area contributed by atoms with E-state index in [1.165, 1.54) is 37.1 Å². The number of amides is 3. The lowest BCUT2D eigenvalue weighted by atomic mass is 10.1. The van der Waals surface area contributed by atoms with Crippen LogP contribution in [0.3, 0.4) is 0 Å². The zero-order chi connectivity index (χ0) is 17.6. The molecule has 0 spiro atoms. The van der Waals surface area contributed by atoms with Crippen LogP contribution < -0.4 is 15.4 Å². The first-order valence-electron chi connectivity index (χ1n) is 6.70. The van der Waals surface area contributed by atoms with Gasteiger partial charge in [-0.15, -0.1) is 13.2 Å². The lowest BCUT2D eigenvalue weighted by molar-refractivity contribution is -0.275. The number of imide groups is 1. The third kappa shape index (κ3) is 6.15. The number of carbonyl (C=O) groups excluding carboxylic acids is 2. The van der Waals surface area contributed by atoms with Crippen LogP contribution in [0.2, 0.25) is 0 Å². The summed E-state index contributed by atoms with van der Waals surface area (Å²) in [6, 6.07) is 4.28. The Kier molecular flexibility index (Phi) is 6.38. The molecule has 23 heavy (non-hydrogen) atoms. The highest BCUT2D eigenvalue weighted by atomic mass is 19.4. The van der Waals surface area contributed by atoms with Gasteiger partial charge in [0.1, 0.15) is 5.75 Å². The molecule has 3 amide bonds. The third-order valence-corrected chi connectivity index (χ3v) is 3.12. The molecule has 2 N–H and O–H groups in total. The van der Waals surface area contributed by atoms with Crippen LogP contribution in [0.1, 0.15) is 12.5 Å². The Morgan fingerprint density at radius 1 is 1.30 bits per heavy atom. The largest absolute Gasteiger partial charge is 0.573 e. The predicted molar refractivity (Wildman–Crippen MR) is 76.7 cm³/mol. The zero-order valence-electron chi connectivity index (χ0n) is 12.9. The summed E-state index contributed by atoms with van der Waals surface area (Å²) in [7, 11) is 2.92. The number of rotatable bonds is 5. The minimum atomic E-state index is -4.79. The number of nitrogens with one attached hydrogen (secondary N) is 2. The number of likely N-dealkylation sites (N-methyl/N-ethyl adjacent to an activating group) is 1. The average Bonchev–Trinajstić information content (AvgIpc) is 2.46. The summed E-state index contributed by atoms with van der Waals surface area (Å²) >= 11 is 0. The van der Waals surface area contributed by atoms with Crippen LogP contribution in [0, 0.1) is 0 Å². The average molecular weight is 333 g/mol. The van der Waals surface area contributed by atoms with E-state index in [0.717, 1.165) is 0 Å². The van der Waals surface area contributed by atoms with Crippen molar-refractivity contribution in [3.63, 3.8) is 0 Å². The van der Waals surface area contributed by atoms with Gasteiger partial charge in [0.25, 0.3) is 0 Å². The molecule has 0 aliphatic rings. The van der Waals surface area contributed by atoms with Crippen molar-refractivity contribution >= 4 is 11.9 Å². The van der Waals surface area contributed by atoms with Gasteiger partial charge >= 0.3 is 12.4 Å². The summed E-state index contributed by atoms with van der Waals surface area (Å²) in [4.78, 5) is 24.4. The number of carbonyl (C=O) groups is 2. The minimum Gasteiger partial charge on any atom is -0.405 e. The Hall–Kier alpha value is -2.29. The van der Waals surface area contributed by atoms with Crippen molar-refractivity contribution in [3.05, 3.63) is 29.8 Å². The van der Waals surface area contributed by atoms with E-state index in [1.54, 1.807) is 13.1 Å². The predicted octanol–water partition coefficient (Wildman–Crippen LogP) is 1.86. The van der Waals surface area contributed by atoms with Gasteiger partial charge in [-0.2, -0.15) is 0 Å². The molecule has 128 valence electrons. The molecule has 1 aromatic rings. The minimum absolute atomic E-state index is 0.0363. The number of para-hydroxylation sites is 1. The summed E-state index contributed by atoms with van der Waals surface area (Å²) in [5.41, 5.74) is 0.270. The highest BCUT2D eigenvalue weighted by molar-refractivity contribution is 5.96. The molecule has 0 heterocycles. The highest BCUT2D eigenvalue weighted by Gasteiger charge is 2.32. The molecule has 1 aromatic carbocycles.